The first kappa shape index (κ1) is 13.6. The molecule has 0 spiro atoms. The summed E-state index contributed by atoms with van der Waals surface area (Å²) in [6.07, 6.45) is 0. The van der Waals surface area contributed by atoms with Gasteiger partial charge in [0.25, 0.3) is 0 Å². The summed E-state index contributed by atoms with van der Waals surface area (Å²) in [5.41, 5.74) is 3.83. The Kier molecular flexibility index (Phi) is 4.58. The van der Waals surface area contributed by atoms with E-state index in [0.717, 1.165) is 13.1 Å². The van der Waals surface area contributed by atoms with Gasteiger partial charge in [0, 0.05) is 24.5 Å². The molecule has 0 saturated carbocycles. The molecule has 0 saturated heterocycles. The van der Waals surface area contributed by atoms with Crippen LogP contribution in [0, 0.1) is 0 Å². The van der Waals surface area contributed by atoms with E-state index in [4.69, 9.17) is 0 Å². The number of nitrogens with zero attached hydrogens (tertiary/aromatic N) is 2. The Morgan fingerprint density at radius 3 is 1.89 bits per heavy atom. The first-order chi connectivity index (χ1) is 9.20. The number of hydrogen-bond acceptors (Lipinski definition) is 2. The lowest BCUT2D eigenvalue weighted by atomic mass is 10.1. The molecule has 0 aliphatic heterocycles. The molecule has 0 heterocycles. The lowest BCUT2D eigenvalue weighted by molar-refractivity contribution is 0.402. The maximum Gasteiger partial charge on any atom is 0.0410 e. The molecule has 0 aliphatic rings. The summed E-state index contributed by atoms with van der Waals surface area (Å²) in [6, 6.07) is 19.3. The molecule has 100 valence electrons. The van der Waals surface area contributed by atoms with E-state index in [1.165, 1.54) is 16.9 Å². The number of rotatable bonds is 5. The molecule has 0 unspecified atom stereocenters. The Morgan fingerprint density at radius 2 is 1.37 bits per heavy atom. The third-order valence-electron chi connectivity index (χ3n) is 3.13. The molecule has 0 N–H and O–H groups in total. The van der Waals surface area contributed by atoms with E-state index in [2.05, 4.69) is 85.4 Å². The van der Waals surface area contributed by atoms with Crippen molar-refractivity contribution in [1.82, 2.24) is 4.90 Å². The van der Waals surface area contributed by atoms with Crippen LogP contribution >= 0.6 is 0 Å². The van der Waals surface area contributed by atoms with Crippen molar-refractivity contribution in [3.8, 4) is 0 Å². The molecule has 0 atom stereocenters. The van der Waals surface area contributed by atoms with Gasteiger partial charge in [-0.05, 0) is 50.8 Å². The lowest BCUT2D eigenvalue weighted by Crippen LogP contribution is -2.16. The third-order valence-corrected chi connectivity index (χ3v) is 3.13. The van der Waals surface area contributed by atoms with Crippen molar-refractivity contribution in [2.45, 2.75) is 13.5 Å². The summed E-state index contributed by atoms with van der Waals surface area (Å²) < 4.78 is 0. The fraction of sp³-hybridized carbons (Fsp3) is 0.294. The molecular formula is C17H22N2. The summed E-state index contributed by atoms with van der Waals surface area (Å²) in [5, 5.41) is 0. The largest absolute Gasteiger partial charge is 0.342 e. The van der Waals surface area contributed by atoms with Crippen LogP contribution < -0.4 is 4.90 Å². The Labute approximate surface area is 116 Å². The molecule has 19 heavy (non-hydrogen) atoms. The predicted octanol–water partition coefficient (Wildman–Crippen LogP) is 3.91. The van der Waals surface area contributed by atoms with Gasteiger partial charge in [-0.25, -0.2) is 0 Å². The second-order valence-electron chi connectivity index (χ2n) is 4.98. The summed E-state index contributed by atoms with van der Waals surface area (Å²) >= 11 is 0. The highest BCUT2D eigenvalue weighted by molar-refractivity contribution is 5.63. The van der Waals surface area contributed by atoms with Crippen LogP contribution in [0.2, 0.25) is 0 Å². The van der Waals surface area contributed by atoms with E-state index in [1.54, 1.807) is 0 Å². The zero-order valence-corrected chi connectivity index (χ0v) is 12.0. The Hall–Kier alpha value is -1.80. The van der Waals surface area contributed by atoms with Crippen LogP contribution in [0.3, 0.4) is 0 Å². The quantitative estimate of drug-likeness (QED) is 0.798. The van der Waals surface area contributed by atoms with E-state index < -0.39 is 0 Å². The van der Waals surface area contributed by atoms with Gasteiger partial charge in [-0.2, -0.15) is 0 Å². The van der Waals surface area contributed by atoms with Gasteiger partial charge in [-0.15, -0.1) is 0 Å². The van der Waals surface area contributed by atoms with E-state index in [1.807, 2.05) is 0 Å². The summed E-state index contributed by atoms with van der Waals surface area (Å²) in [6.45, 7) is 4.13. The van der Waals surface area contributed by atoms with Crippen molar-refractivity contribution in [2.75, 3.05) is 25.5 Å². The molecule has 0 amide bonds. The maximum atomic E-state index is 2.32. The van der Waals surface area contributed by atoms with Gasteiger partial charge >= 0.3 is 0 Å². The number of anilines is 2. The lowest BCUT2D eigenvalue weighted by Gasteiger charge is -2.23. The molecule has 0 aliphatic carbocycles. The van der Waals surface area contributed by atoms with E-state index >= 15 is 0 Å². The SMILES string of the molecule is CCN(c1ccccc1)c1ccc(CN(C)C)cc1. The Bertz CT molecular complexity index is 488. The minimum Gasteiger partial charge on any atom is -0.342 e. The van der Waals surface area contributed by atoms with Crippen molar-refractivity contribution in [2.24, 2.45) is 0 Å². The Balaban J connectivity index is 2.20. The van der Waals surface area contributed by atoms with E-state index in [0.29, 0.717) is 0 Å². The minimum absolute atomic E-state index is 0.969. The number of benzene rings is 2. The molecule has 2 rings (SSSR count). The van der Waals surface area contributed by atoms with Crippen LogP contribution in [0.1, 0.15) is 12.5 Å². The molecule has 2 heteroatoms. The highest BCUT2D eigenvalue weighted by atomic mass is 15.1. The van der Waals surface area contributed by atoms with Crippen LogP contribution in [0.25, 0.3) is 0 Å². The standard InChI is InChI=1S/C17H22N2/c1-4-19(16-8-6-5-7-9-16)17-12-10-15(11-13-17)14-18(2)3/h5-13H,4,14H2,1-3H3. The van der Waals surface area contributed by atoms with Crippen molar-refractivity contribution < 1.29 is 0 Å². The molecule has 2 nitrogen and oxygen atoms in total. The summed E-state index contributed by atoms with van der Waals surface area (Å²) in [5.74, 6) is 0. The first-order valence-corrected chi connectivity index (χ1v) is 6.77. The Morgan fingerprint density at radius 1 is 0.789 bits per heavy atom. The fourth-order valence-corrected chi connectivity index (χ4v) is 2.27. The van der Waals surface area contributed by atoms with Crippen LogP contribution in [0.5, 0.6) is 0 Å². The zero-order chi connectivity index (χ0) is 13.7. The second kappa shape index (κ2) is 6.39. The number of para-hydroxylation sites is 1. The molecule has 0 bridgehead atoms. The van der Waals surface area contributed by atoms with Crippen molar-refractivity contribution >= 4 is 11.4 Å². The van der Waals surface area contributed by atoms with Crippen LogP contribution in [0.4, 0.5) is 11.4 Å². The topological polar surface area (TPSA) is 6.48 Å². The third kappa shape index (κ3) is 3.58. The summed E-state index contributed by atoms with van der Waals surface area (Å²) in [4.78, 5) is 4.50. The van der Waals surface area contributed by atoms with Gasteiger partial charge in [-0.3, -0.25) is 0 Å². The monoisotopic (exact) mass is 254 g/mol. The molecule has 2 aromatic rings. The van der Waals surface area contributed by atoms with Crippen molar-refractivity contribution in [1.29, 1.82) is 0 Å². The van der Waals surface area contributed by atoms with Crippen molar-refractivity contribution in [3.63, 3.8) is 0 Å². The number of hydrogen-bond donors (Lipinski definition) is 0. The fourth-order valence-electron chi connectivity index (χ4n) is 2.27. The van der Waals surface area contributed by atoms with Crippen LogP contribution in [-0.2, 0) is 6.54 Å². The van der Waals surface area contributed by atoms with Gasteiger partial charge < -0.3 is 9.80 Å². The van der Waals surface area contributed by atoms with E-state index in [9.17, 15) is 0 Å². The molecule has 2 aromatic carbocycles. The molecule has 0 fully saturated rings. The maximum absolute atomic E-state index is 2.32. The molecular weight excluding hydrogens is 232 g/mol. The average molecular weight is 254 g/mol. The van der Waals surface area contributed by atoms with Gasteiger partial charge in [0.2, 0.25) is 0 Å². The first-order valence-electron chi connectivity index (χ1n) is 6.77. The zero-order valence-electron chi connectivity index (χ0n) is 12.0. The van der Waals surface area contributed by atoms with E-state index in [-0.39, 0.29) is 0 Å². The van der Waals surface area contributed by atoms with Crippen molar-refractivity contribution in [3.05, 3.63) is 60.2 Å². The predicted molar refractivity (Wildman–Crippen MR) is 83.0 cm³/mol. The minimum atomic E-state index is 0.969. The second-order valence-corrected chi connectivity index (χ2v) is 4.98. The van der Waals surface area contributed by atoms with Gasteiger partial charge in [0.1, 0.15) is 0 Å². The van der Waals surface area contributed by atoms with Crippen LogP contribution in [-0.4, -0.2) is 25.5 Å². The van der Waals surface area contributed by atoms with Crippen LogP contribution in [0.15, 0.2) is 54.6 Å². The molecule has 0 aromatic heterocycles. The van der Waals surface area contributed by atoms with Gasteiger partial charge in [0.15, 0.2) is 0 Å². The highest BCUT2D eigenvalue weighted by Gasteiger charge is 2.06. The highest BCUT2D eigenvalue weighted by Crippen LogP contribution is 2.25. The summed E-state index contributed by atoms with van der Waals surface area (Å²) in [7, 11) is 4.19. The average Bonchev–Trinajstić information content (AvgIpc) is 2.42. The van der Waals surface area contributed by atoms with Gasteiger partial charge in [-0.1, -0.05) is 30.3 Å². The smallest absolute Gasteiger partial charge is 0.0410 e. The molecule has 0 radical (unpaired) electrons. The normalized spacial score (nSPS) is 10.7. The van der Waals surface area contributed by atoms with Gasteiger partial charge in [0.05, 0.1) is 0 Å².